The summed E-state index contributed by atoms with van der Waals surface area (Å²) in [5.74, 6) is 1.28. The summed E-state index contributed by atoms with van der Waals surface area (Å²) in [6.07, 6.45) is 7.36. The van der Waals surface area contributed by atoms with E-state index in [9.17, 15) is 4.79 Å². The molecule has 2 aliphatic heterocycles. The normalized spacial score (nSPS) is 24.7. The number of hydrogen-bond acceptors (Lipinski definition) is 5. The topological polar surface area (TPSA) is 70.5 Å². The summed E-state index contributed by atoms with van der Waals surface area (Å²) in [5.41, 5.74) is 7.86. The van der Waals surface area contributed by atoms with Crippen LogP contribution in [0.2, 0.25) is 0 Å². The molecule has 6 nitrogen and oxygen atoms in total. The molecule has 1 fully saturated rings. The van der Waals surface area contributed by atoms with Gasteiger partial charge >= 0.3 is 0 Å². The highest BCUT2D eigenvalue weighted by Crippen LogP contribution is 2.49. The predicted molar refractivity (Wildman–Crippen MR) is 134 cm³/mol. The van der Waals surface area contributed by atoms with E-state index < -0.39 is 0 Å². The van der Waals surface area contributed by atoms with E-state index in [0.29, 0.717) is 12.5 Å². The molecule has 3 atom stereocenters. The van der Waals surface area contributed by atoms with E-state index in [1.54, 1.807) is 6.34 Å². The van der Waals surface area contributed by atoms with E-state index >= 15 is 0 Å². The second-order valence-corrected chi connectivity index (χ2v) is 10.1. The van der Waals surface area contributed by atoms with Gasteiger partial charge in [-0.2, -0.15) is 0 Å². The Morgan fingerprint density at radius 3 is 2.71 bits per heavy atom. The number of aromatic nitrogens is 2. The standard InChI is InChI=1S/C28H29N5O/c1-17-26-12-20-5-4-19(23-14-30-18(2)31-15-23)10-24(20)28(17,3)8-9-33(26)27(34)21-6-7-22-13-29-16-32-25(22)11-21/h4-7,10-11,14-17,26H,8-9,12-13H2,1-3H3,(H,29,32)/t17-,26-,28-/m1/s1. The summed E-state index contributed by atoms with van der Waals surface area (Å²) in [7, 11) is 0. The van der Waals surface area contributed by atoms with Crippen molar-refractivity contribution in [2.75, 3.05) is 11.9 Å². The monoisotopic (exact) mass is 451 g/mol. The summed E-state index contributed by atoms with van der Waals surface area (Å²) in [4.78, 5) is 28.8. The number of carbonyl (C=O) groups is 1. The summed E-state index contributed by atoms with van der Waals surface area (Å²) in [6.45, 7) is 8.03. The van der Waals surface area contributed by atoms with Crippen molar-refractivity contribution in [3.63, 3.8) is 0 Å². The lowest BCUT2D eigenvalue weighted by molar-refractivity contribution is 0.0251. The number of carbonyl (C=O) groups excluding carboxylic acids is 1. The van der Waals surface area contributed by atoms with Gasteiger partial charge in [0.05, 0.1) is 12.9 Å². The van der Waals surface area contributed by atoms with E-state index in [1.807, 2.05) is 37.5 Å². The number of rotatable bonds is 2. The molecule has 0 unspecified atom stereocenters. The van der Waals surface area contributed by atoms with Gasteiger partial charge in [0, 0.05) is 41.8 Å². The maximum absolute atomic E-state index is 13.7. The zero-order valence-corrected chi connectivity index (χ0v) is 19.9. The largest absolute Gasteiger partial charge is 0.346 e. The van der Waals surface area contributed by atoms with Crippen LogP contribution in [0, 0.1) is 12.8 Å². The minimum Gasteiger partial charge on any atom is -0.346 e. The van der Waals surface area contributed by atoms with Gasteiger partial charge in [0.15, 0.2) is 0 Å². The van der Waals surface area contributed by atoms with Crippen molar-refractivity contribution in [1.29, 1.82) is 0 Å². The third-order valence-electron chi connectivity index (χ3n) is 8.31. The van der Waals surface area contributed by atoms with Gasteiger partial charge in [-0.15, -0.1) is 0 Å². The molecule has 0 saturated carbocycles. The Morgan fingerprint density at radius 1 is 1.09 bits per heavy atom. The van der Waals surface area contributed by atoms with Crippen molar-refractivity contribution in [2.45, 2.75) is 51.6 Å². The third kappa shape index (κ3) is 3.23. The first-order chi connectivity index (χ1) is 16.4. The first kappa shape index (κ1) is 21.0. The van der Waals surface area contributed by atoms with Crippen LogP contribution in [0.3, 0.4) is 0 Å². The summed E-state index contributed by atoms with van der Waals surface area (Å²) >= 11 is 0. The van der Waals surface area contributed by atoms with Crippen molar-refractivity contribution in [3.8, 4) is 11.1 Å². The fourth-order valence-electron chi connectivity index (χ4n) is 6.00. The Bertz CT molecular complexity index is 1310. The number of amides is 1. The summed E-state index contributed by atoms with van der Waals surface area (Å²) < 4.78 is 0. The maximum Gasteiger partial charge on any atom is 0.254 e. The molecule has 172 valence electrons. The molecule has 6 rings (SSSR count). The number of aryl methyl sites for hydroxylation is 1. The smallest absolute Gasteiger partial charge is 0.254 e. The zero-order chi connectivity index (χ0) is 23.4. The van der Waals surface area contributed by atoms with E-state index in [0.717, 1.165) is 53.2 Å². The highest BCUT2D eigenvalue weighted by Gasteiger charge is 2.49. The van der Waals surface area contributed by atoms with E-state index in [2.05, 4.69) is 57.2 Å². The lowest BCUT2D eigenvalue weighted by atomic mass is 9.58. The van der Waals surface area contributed by atoms with Crippen LogP contribution in [-0.4, -0.2) is 39.7 Å². The SMILES string of the molecule is Cc1ncc(-c2ccc3c(c2)[C@]2(C)CCN(C(=O)c4ccc5c(c4)NC=NC5)[C@H](C3)[C@H]2C)cn1. The first-order valence-corrected chi connectivity index (χ1v) is 12.1. The first-order valence-electron chi connectivity index (χ1n) is 12.1. The van der Waals surface area contributed by atoms with Crippen LogP contribution >= 0.6 is 0 Å². The number of fused-ring (bicyclic) bond motifs is 5. The molecule has 2 aromatic carbocycles. The van der Waals surface area contributed by atoms with Crippen LogP contribution in [0.15, 0.2) is 53.8 Å². The Labute approximate surface area is 200 Å². The highest BCUT2D eigenvalue weighted by molar-refractivity contribution is 5.96. The number of nitrogens with one attached hydrogen (secondary N) is 1. The van der Waals surface area contributed by atoms with E-state index in [-0.39, 0.29) is 17.4 Å². The summed E-state index contributed by atoms with van der Waals surface area (Å²) in [6, 6.07) is 12.9. The molecule has 1 amide bonds. The third-order valence-corrected chi connectivity index (χ3v) is 8.31. The quantitative estimate of drug-likeness (QED) is 0.609. The second kappa shape index (κ2) is 7.76. The molecular weight excluding hydrogens is 422 g/mol. The van der Waals surface area contributed by atoms with Crippen molar-refractivity contribution >= 4 is 17.9 Å². The molecule has 3 aromatic rings. The molecule has 3 heterocycles. The van der Waals surface area contributed by atoms with Crippen LogP contribution < -0.4 is 5.32 Å². The van der Waals surface area contributed by atoms with Gasteiger partial charge in [-0.3, -0.25) is 9.79 Å². The van der Waals surface area contributed by atoms with Gasteiger partial charge in [0.25, 0.3) is 5.91 Å². The molecule has 1 aromatic heterocycles. The van der Waals surface area contributed by atoms with E-state index in [1.165, 1.54) is 11.1 Å². The fraction of sp³-hybridized carbons (Fsp3) is 0.357. The average Bonchev–Trinajstić information content (AvgIpc) is 2.86. The van der Waals surface area contributed by atoms with Crippen LogP contribution in [0.25, 0.3) is 11.1 Å². The number of aliphatic imine (C=N–C) groups is 1. The van der Waals surface area contributed by atoms with Gasteiger partial charge in [-0.05, 0) is 65.5 Å². The van der Waals surface area contributed by atoms with Crippen molar-refractivity contribution in [2.24, 2.45) is 10.9 Å². The lowest BCUT2D eigenvalue weighted by Gasteiger charge is -2.54. The molecule has 0 spiro atoms. The average molecular weight is 452 g/mol. The molecule has 6 heteroatoms. The van der Waals surface area contributed by atoms with Crippen LogP contribution in [-0.2, 0) is 18.4 Å². The van der Waals surface area contributed by atoms with Crippen LogP contribution in [0.4, 0.5) is 5.69 Å². The predicted octanol–water partition coefficient (Wildman–Crippen LogP) is 4.77. The van der Waals surface area contributed by atoms with Crippen molar-refractivity contribution in [1.82, 2.24) is 14.9 Å². The number of benzene rings is 2. The van der Waals surface area contributed by atoms with Crippen molar-refractivity contribution < 1.29 is 4.79 Å². The molecule has 1 N–H and O–H groups in total. The van der Waals surface area contributed by atoms with Gasteiger partial charge in [-0.1, -0.05) is 38.1 Å². The number of piperidine rings is 1. The zero-order valence-electron chi connectivity index (χ0n) is 19.9. The Kier molecular flexibility index (Phi) is 4.80. The Morgan fingerprint density at radius 2 is 1.88 bits per heavy atom. The van der Waals surface area contributed by atoms with Crippen LogP contribution in [0.5, 0.6) is 0 Å². The molecule has 3 aliphatic rings. The number of nitrogens with zero attached hydrogens (tertiary/aromatic N) is 4. The minimum absolute atomic E-state index is 0.0322. The van der Waals surface area contributed by atoms with Gasteiger partial charge in [0.2, 0.25) is 0 Å². The number of anilines is 1. The van der Waals surface area contributed by atoms with Gasteiger partial charge in [0.1, 0.15) is 5.82 Å². The Hall–Kier alpha value is -3.54. The van der Waals surface area contributed by atoms with Gasteiger partial charge in [-0.25, -0.2) is 9.97 Å². The fourth-order valence-corrected chi connectivity index (χ4v) is 6.00. The molecule has 34 heavy (non-hydrogen) atoms. The highest BCUT2D eigenvalue weighted by atomic mass is 16.2. The van der Waals surface area contributed by atoms with E-state index in [4.69, 9.17) is 0 Å². The molecule has 1 aliphatic carbocycles. The Balaban J connectivity index is 1.32. The molecule has 1 saturated heterocycles. The number of hydrogen-bond donors (Lipinski definition) is 1. The van der Waals surface area contributed by atoms with Crippen LogP contribution in [0.1, 0.15) is 53.1 Å². The molecule has 0 radical (unpaired) electrons. The molecular formula is C28H29N5O. The number of likely N-dealkylation sites (tertiary alicyclic amines) is 1. The van der Waals surface area contributed by atoms with Crippen molar-refractivity contribution in [3.05, 3.63) is 76.9 Å². The summed E-state index contributed by atoms with van der Waals surface area (Å²) in [5, 5.41) is 3.18. The molecule has 2 bridgehead atoms. The second-order valence-electron chi connectivity index (χ2n) is 10.1. The minimum atomic E-state index is 0.0322. The van der Waals surface area contributed by atoms with Gasteiger partial charge < -0.3 is 10.2 Å². The maximum atomic E-state index is 13.7. The lowest BCUT2D eigenvalue weighted by Crippen LogP contribution is -2.59.